The second-order valence-electron chi connectivity index (χ2n) is 2.81. The summed E-state index contributed by atoms with van der Waals surface area (Å²) in [6.45, 7) is 3.92. The Kier molecular flexibility index (Phi) is 8.76. The van der Waals surface area contributed by atoms with E-state index in [0.717, 1.165) is 6.42 Å². The van der Waals surface area contributed by atoms with E-state index in [1.54, 1.807) is 0 Å². The molecule has 1 N–H and O–H groups in total. The molecule has 0 saturated carbocycles. The van der Waals surface area contributed by atoms with Gasteiger partial charge in [0.25, 0.3) is 0 Å². The Morgan fingerprint density at radius 3 is 2.17 bits per heavy atom. The summed E-state index contributed by atoms with van der Waals surface area (Å²) in [7, 11) is 3.92. The van der Waals surface area contributed by atoms with Gasteiger partial charge in [-0.2, -0.15) is 0 Å². The van der Waals surface area contributed by atoms with Gasteiger partial charge in [-0.1, -0.05) is 13.8 Å². The van der Waals surface area contributed by atoms with Gasteiger partial charge < -0.3 is 5.32 Å². The number of hydrogen-bond acceptors (Lipinski definition) is 2. The molecule has 4 heteroatoms. The Morgan fingerprint density at radius 1 is 1.42 bits per heavy atom. The summed E-state index contributed by atoms with van der Waals surface area (Å²) in [6, 6.07) is 0. The van der Waals surface area contributed by atoms with Crippen molar-refractivity contribution in [2.24, 2.45) is 0 Å². The van der Waals surface area contributed by atoms with Gasteiger partial charge in [0.05, 0.1) is 6.17 Å². The summed E-state index contributed by atoms with van der Waals surface area (Å²) in [4.78, 5) is 13.0. The summed E-state index contributed by atoms with van der Waals surface area (Å²) in [5.41, 5.74) is 0. The molecular weight excluding hydrogens is 176 g/mol. The molecule has 0 fully saturated rings. The lowest BCUT2D eigenvalue weighted by molar-refractivity contribution is -0.122. The third kappa shape index (κ3) is 5.38. The highest BCUT2D eigenvalue weighted by atomic mass is 35.5. The third-order valence-corrected chi connectivity index (χ3v) is 1.66. The molecule has 0 saturated heterocycles. The van der Waals surface area contributed by atoms with Crippen LogP contribution in [-0.4, -0.2) is 31.1 Å². The van der Waals surface area contributed by atoms with Gasteiger partial charge in [-0.25, -0.2) is 0 Å². The van der Waals surface area contributed by atoms with Crippen LogP contribution in [0.15, 0.2) is 0 Å². The molecule has 1 amide bonds. The van der Waals surface area contributed by atoms with Crippen LogP contribution in [0.2, 0.25) is 0 Å². The molecule has 1 atom stereocenters. The number of nitrogens with zero attached hydrogens (tertiary/aromatic N) is 1. The van der Waals surface area contributed by atoms with Crippen molar-refractivity contribution in [3.63, 3.8) is 0 Å². The first-order chi connectivity index (χ1) is 5.11. The molecule has 0 heterocycles. The topological polar surface area (TPSA) is 32.3 Å². The van der Waals surface area contributed by atoms with Gasteiger partial charge in [0.2, 0.25) is 5.91 Å². The monoisotopic (exact) mass is 194 g/mol. The normalized spacial score (nSPS) is 12.1. The van der Waals surface area contributed by atoms with E-state index >= 15 is 0 Å². The lowest BCUT2D eigenvalue weighted by Crippen LogP contribution is -2.43. The van der Waals surface area contributed by atoms with E-state index < -0.39 is 0 Å². The van der Waals surface area contributed by atoms with Crippen LogP contribution in [-0.2, 0) is 4.79 Å². The van der Waals surface area contributed by atoms with Crippen LogP contribution in [0.3, 0.4) is 0 Å². The van der Waals surface area contributed by atoms with Gasteiger partial charge in [0, 0.05) is 6.42 Å². The molecule has 0 aliphatic heterocycles. The summed E-state index contributed by atoms with van der Waals surface area (Å²) in [6.07, 6.45) is 1.69. The second-order valence-corrected chi connectivity index (χ2v) is 2.81. The summed E-state index contributed by atoms with van der Waals surface area (Å²) in [5.74, 6) is 0.116. The first kappa shape index (κ1) is 14.3. The van der Waals surface area contributed by atoms with Crippen molar-refractivity contribution in [3.8, 4) is 0 Å². The number of carbonyl (C=O) groups is 1. The Labute approximate surface area is 80.9 Å². The predicted molar refractivity (Wildman–Crippen MR) is 53.4 cm³/mol. The van der Waals surface area contributed by atoms with Crippen molar-refractivity contribution in [1.82, 2.24) is 10.2 Å². The van der Waals surface area contributed by atoms with Crippen molar-refractivity contribution < 1.29 is 4.79 Å². The largest absolute Gasteiger partial charge is 0.341 e. The Bertz CT molecular complexity index is 128. The molecule has 0 radical (unpaired) electrons. The van der Waals surface area contributed by atoms with E-state index in [0.29, 0.717) is 6.42 Å². The molecule has 0 bridgehead atoms. The van der Waals surface area contributed by atoms with Crippen LogP contribution in [0, 0.1) is 0 Å². The molecule has 74 valence electrons. The van der Waals surface area contributed by atoms with Crippen LogP contribution in [0.1, 0.15) is 26.7 Å². The standard InChI is InChI=1S/C8H18N2O.ClH/c1-5-7(10(3)4)9-8(11)6-2;/h7H,5-6H2,1-4H3,(H,9,11);1H. The van der Waals surface area contributed by atoms with Gasteiger partial charge in [0.1, 0.15) is 0 Å². The molecule has 3 nitrogen and oxygen atoms in total. The fraction of sp³-hybridized carbons (Fsp3) is 0.875. The minimum atomic E-state index is 0. The number of hydrogen-bond donors (Lipinski definition) is 1. The number of amides is 1. The predicted octanol–water partition coefficient (Wildman–Crippen LogP) is 1.23. The van der Waals surface area contributed by atoms with Gasteiger partial charge in [-0.05, 0) is 20.5 Å². The minimum Gasteiger partial charge on any atom is -0.341 e. The lowest BCUT2D eigenvalue weighted by atomic mass is 10.3. The highest BCUT2D eigenvalue weighted by molar-refractivity contribution is 5.85. The summed E-state index contributed by atoms with van der Waals surface area (Å²) < 4.78 is 0. The molecule has 0 aliphatic carbocycles. The number of carbonyl (C=O) groups excluding carboxylic acids is 1. The quantitative estimate of drug-likeness (QED) is 0.683. The van der Waals surface area contributed by atoms with E-state index in [4.69, 9.17) is 0 Å². The van der Waals surface area contributed by atoms with Crippen LogP contribution < -0.4 is 5.32 Å². The second kappa shape index (κ2) is 7.37. The zero-order chi connectivity index (χ0) is 8.85. The maximum Gasteiger partial charge on any atom is 0.220 e. The first-order valence-corrected chi connectivity index (χ1v) is 4.07. The molecule has 0 aromatic rings. The molecule has 0 aliphatic rings. The Morgan fingerprint density at radius 2 is 1.92 bits per heavy atom. The summed E-state index contributed by atoms with van der Waals surface area (Å²) in [5, 5.41) is 2.90. The molecule has 0 rings (SSSR count). The van der Waals surface area contributed by atoms with Crippen molar-refractivity contribution in [3.05, 3.63) is 0 Å². The average molecular weight is 195 g/mol. The summed E-state index contributed by atoms with van der Waals surface area (Å²) >= 11 is 0. The molecule has 0 spiro atoms. The highest BCUT2D eigenvalue weighted by Crippen LogP contribution is 1.94. The zero-order valence-corrected chi connectivity index (χ0v) is 9.07. The highest BCUT2D eigenvalue weighted by Gasteiger charge is 2.09. The maximum atomic E-state index is 10.9. The number of nitrogens with one attached hydrogen (secondary N) is 1. The Hall–Kier alpha value is -0.280. The fourth-order valence-corrected chi connectivity index (χ4v) is 0.884. The molecular formula is C8H19ClN2O. The van der Waals surface area contributed by atoms with Crippen LogP contribution in [0.5, 0.6) is 0 Å². The number of rotatable bonds is 4. The lowest BCUT2D eigenvalue weighted by Gasteiger charge is -2.23. The number of halogens is 1. The van der Waals surface area contributed by atoms with Gasteiger partial charge in [-0.15, -0.1) is 12.4 Å². The smallest absolute Gasteiger partial charge is 0.220 e. The Balaban J connectivity index is 0. The van der Waals surface area contributed by atoms with Crippen molar-refractivity contribution >= 4 is 18.3 Å². The molecule has 1 unspecified atom stereocenters. The SMILES string of the molecule is CCC(=O)NC(CC)N(C)C.Cl. The van der Waals surface area contributed by atoms with Crippen molar-refractivity contribution in [2.75, 3.05) is 14.1 Å². The fourth-order valence-electron chi connectivity index (χ4n) is 0.884. The van der Waals surface area contributed by atoms with E-state index in [2.05, 4.69) is 12.2 Å². The first-order valence-electron chi connectivity index (χ1n) is 4.07. The van der Waals surface area contributed by atoms with Crippen molar-refractivity contribution in [2.45, 2.75) is 32.9 Å². The van der Waals surface area contributed by atoms with Gasteiger partial charge in [0.15, 0.2) is 0 Å². The van der Waals surface area contributed by atoms with E-state index in [-0.39, 0.29) is 24.5 Å². The van der Waals surface area contributed by atoms with Crippen LogP contribution >= 0.6 is 12.4 Å². The molecule has 0 aromatic heterocycles. The third-order valence-electron chi connectivity index (χ3n) is 1.66. The van der Waals surface area contributed by atoms with E-state index in [9.17, 15) is 4.79 Å². The molecule has 0 aromatic carbocycles. The van der Waals surface area contributed by atoms with E-state index in [1.165, 1.54) is 0 Å². The van der Waals surface area contributed by atoms with Gasteiger partial charge in [-0.3, -0.25) is 9.69 Å². The average Bonchev–Trinajstić information content (AvgIpc) is 1.99. The van der Waals surface area contributed by atoms with Crippen molar-refractivity contribution in [1.29, 1.82) is 0 Å². The maximum absolute atomic E-state index is 10.9. The van der Waals surface area contributed by atoms with Gasteiger partial charge >= 0.3 is 0 Å². The minimum absolute atomic E-state index is 0. The van der Waals surface area contributed by atoms with E-state index in [1.807, 2.05) is 25.9 Å². The zero-order valence-electron chi connectivity index (χ0n) is 8.26. The van der Waals surface area contributed by atoms with Crippen LogP contribution in [0.25, 0.3) is 0 Å². The van der Waals surface area contributed by atoms with Crippen LogP contribution in [0.4, 0.5) is 0 Å². The molecule has 12 heavy (non-hydrogen) atoms.